The average molecular weight is 391 g/mol. The molecule has 2 saturated heterocycles. The summed E-state index contributed by atoms with van der Waals surface area (Å²) in [6.45, 7) is 7.75. The number of hydrogen-bond acceptors (Lipinski definition) is 8. The molecule has 1 aromatic carbocycles. The topological polar surface area (TPSA) is 75.6 Å². The molecule has 27 heavy (non-hydrogen) atoms. The number of benzene rings is 1. The molecule has 0 aliphatic carbocycles. The van der Waals surface area contributed by atoms with Gasteiger partial charge in [0.15, 0.2) is 0 Å². The van der Waals surface area contributed by atoms with E-state index < -0.39 is 0 Å². The summed E-state index contributed by atoms with van der Waals surface area (Å²) in [6.07, 6.45) is 0. The van der Waals surface area contributed by atoms with E-state index in [2.05, 4.69) is 25.1 Å². The maximum atomic E-state index is 6.34. The number of morpholine rings is 2. The van der Waals surface area contributed by atoms with Crippen molar-refractivity contribution in [3.63, 3.8) is 0 Å². The molecule has 1 aromatic heterocycles. The van der Waals surface area contributed by atoms with Crippen molar-refractivity contribution in [2.75, 3.05) is 67.7 Å². The zero-order valence-electron chi connectivity index (χ0n) is 15.3. The van der Waals surface area contributed by atoms with Gasteiger partial charge in [-0.25, -0.2) is 0 Å². The molecule has 8 nitrogen and oxygen atoms in total. The third-order valence-corrected chi connectivity index (χ3v) is 4.90. The first-order valence-corrected chi connectivity index (χ1v) is 9.51. The molecule has 0 spiro atoms. The van der Waals surface area contributed by atoms with Crippen molar-refractivity contribution in [2.24, 2.45) is 0 Å². The van der Waals surface area contributed by atoms with Crippen LogP contribution in [-0.4, -0.2) is 67.6 Å². The first-order valence-electron chi connectivity index (χ1n) is 9.14. The van der Waals surface area contributed by atoms with Crippen LogP contribution in [0.2, 0.25) is 5.02 Å². The molecule has 144 valence electrons. The molecule has 0 bridgehead atoms. The maximum absolute atomic E-state index is 6.34. The highest BCUT2D eigenvalue weighted by molar-refractivity contribution is 6.33. The predicted octanol–water partition coefficient (Wildman–Crippen LogP) is 2.25. The number of aromatic nitrogens is 3. The van der Waals surface area contributed by atoms with E-state index in [4.69, 9.17) is 26.1 Å². The Morgan fingerprint density at radius 1 is 0.889 bits per heavy atom. The highest BCUT2D eigenvalue weighted by Crippen LogP contribution is 2.27. The Bertz CT molecular complexity index is 757. The lowest BCUT2D eigenvalue weighted by atomic mass is 10.2. The zero-order valence-corrected chi connectivity index (χ0v) is 16.1. The molecular formula is C18H23ClN6O2. The minimum absolute atomic E-state index is 0.487. The Morgan fingerprint density at radius 3 is 2.00 bits per heavy atom. The van der Waals surface area contributed by atoms with E-state index in [1.54, 1.807) is 0 Å². The number of ether oxygens (including phenoxy) is 2. The van der Waals surface area contributed by atoms with Gasteiger partial charge < -0.3 is 24.6 Å². The lowest BCUT2D eigenvalue weighted by Gasteiger charge is -2.30. The van der Waals surface area contributed by atoms with E-state index in [0.717, 1.165) is 37.4 Å². The monoisotopic (exact) mass is 390 g/mol. The summed E-state index contributed by atoms with van der Waals surface area (Å²) in [5.74, 6) is 1.79. The zero-order chi connectivity index (χ0) is 18.6. The van der Waals surface area contributed by atoms with Crippen LogP contribution in [0.4, 0.5) is 23.5 Å². The van der Waals surface area contributed by atoms with Crippen LogP contribution in [0.1, 0.15) is 5.56 Å². The minimum atomic E-state index is 0.487. The van der Waals surface area contributed by atoms with Crippen molar-refractivity contribution in [3.8, 4) is 0 Å². The van der Waals surface area contributed by atoms with Gasteiger partial charge in [-0.2, -0.15) is 15.0 Å². The number of aryl methyl sites for hydroxylation is 1. The van der Waals surface area contributed by atoms with Crippen LogP contribution in [-0.2, 0) is 9.47 Å². The number of nitrogens with zero attached hydrogens (tertiary/aromatic N) is 5. The van der Waals surface area contributed by atoms with Crippen molar-refractivity contribution < 1.29 is 9.47 Å². The Balaban J connectivity index is 1.67. The van der Waals surface area contributed by atoms with Gasteiger partial charge in [0.05, 0.1) is 37.1 Å². The fourth-order valence-corrected chi connectivity index (χ4v) is 3.24. The highest BCUT2D eigenvalue weighted by Gasteiger charge is 2.21. The average Bonchev–Trinajstić information content (AvgIpc) is 2.72. The van der Waals surface area contributed by atoms with E-state index >= 15 is 0 Å². The summed E-state index contributed by atoms with van der Waals surface area (Å²) in [5, 5.41) is 3.89. The smallest absolute Gasteiger partial charge is 0.233 e. The lowest BCUT2D eigenvalue weighted by Crippen LogP contribution is -2.40. The summed E-state index contributed by atoms with van der Waals surface area (Å²) in [7, 11) is 0. The molecule has 2 aliphatic rings. The van der Waals surface area contributed by atoms with Crippen LogP contribution in [0, 0.1) is 6.92 Å². The van der Waals surface area contributed by atoms with E-state index in [1.165, 1.54) is 0 Å². The molecular weight excluding hydrogens is 368 g/mol. The normalized spacial score (nSPS) is 17.9. The molecule has 0 unspecified atom stereocenters. The van der Waals surface area contributed by atoms with Crippen LogP contribution in [0.5, 0.6) is 0 Å². The number of anilines is 4. The second-order valence-electron chi connectivity index (χ2n) is 6.57. The quantitative estimate of drug-likeness (QED) is 0.851. The molecule has 0 atom stereocenters. The van der Waals surface area contributed by atoms with Gasteiger partial charge in [-0.15, -0.1) is 0 Å². The summed E-state index contributed by atoms with van der Waals surface area (Å²) < 4.78 is 10.9. The first-order chi connectivity index (χ1) is 13.2. The summed E-state index contributed by atoms with van der Waals surface area (Å²) >= 11 is 6.34. The third kappa shape index (κ3) is 4.40. The minimum Gasteiger partial charge on any atom is -0.378 e. The molecule has 2 fully saturated rings. The molecule has 0 amide bonds. The lowest BCUT2D eigenvalue weighted by molar-refractivity contribution is 0.121. The standard InChI is InChI=1S/C18H23ClN6O2/c1-13-2-3-14(19)15(12-13)20-16-21-17(24-4-8-26-9-5-24)23-18(22-16)25-6-10-27-11-7-25/h2-3,12H,4-11H2,1H3,(H,20,21,22,23). The van der Waals surface area contributed by atoms with E-state index in [1.807, 2.05) is 25.1 Å². The van der Waals surface area contributed by atoms with Crippen LogP contribution in [0.25, 0.3) is 0 Å². The van der Waals surface area contributed by atoms with Gasteiger partial charge in [-0.3, -0.25) is 0 Å². The molecule has 4 rings (SSSR count). The summed E-state index contributed by atoms with van der Waals surface area (Å²) in [5.41, 5.74) is 1.89. The molecule has 2 aromatic rings. The largest absolute Gasteiger partial charge is 0.378 e. The first kappa shape index (κ1) is 18.2. The number of rotatable bonds is 4. The van der Waals surface area contributed by atoms with Gasteiger partial charge >= 0.3 is 0 Å². The summed E-state index contributed by atoms with van der Waals surface area (Å²) in [6, 6.07) is 5.82. The van der Waals surface area contributed by atoms with Crippen molar-refractivity contribution >= 4 is 35.1 Å². The molecule has 2 aliphatic heterocycles. The van der Waals surface area contributed by atoms with Crippen LogP contribution >= 0.6 is 11.6 Å². The predicted molar refractivity (Wildman–Crippen MR) is 105 cm³/mol. The molecule has 0 saturated carbocycles. The van der Waals surface area contributed by atoms with Crippen molar-refractivity contribution in [2.45, 2.75) is 6.92 Å². The molecule has 1 N–H and O–H groups in total. The third-order valence-electron chi connectivity index (χ3n) is 4.57. The summed E-state index contributed by atoms with van der Waals surface area (Å²) in [4.78, 5) is 18.2. The number of nitrogens with one attached hydrogen (secondary N) is 1. The van der Waals surface area contributed by atoms with Gasteiger partial charge in [-0.1, -0.05) is 17.7 Å². The maximum Gasteiger partial charge on any atom is 0.233 e. The fraction of sp³-hybridized carbons (Fsp3) is 0.500. The Kier molecular flexibility index (Phi) is 5.56. The van der Waals surface area contributed by atoms with Gasteiger partial charge in [0, 0.05) is 26.2 Å². The van der Waals surface area contributed by atoms with Crippen LogP contribution in [0.15, 0.2) is 18.2 Å². The van der Waals surface area contributed by atoms with Gasteiger partial charge in [0.25, 0.3) is 0 Å². The van der Waals surface area contributed by atoms with Crippen molar-refractivity contribution in [3.05, 3.63) is 28.8 Å². The van der Waals surface area contributed by atoms with Crippen molar-refractivity contribution in [1.29, 1.82) is 0 Å². The van der Waals surface area contributed by atoms with E-state index in [-0.39, 0.29) is 0 Å². The highest BCUT2D eigenvalue weighted by atomic mass is 35.5. The Labute approximate surface area is 163 Å². The number of halogens is 1. The SMILES string of the molecule is Cc1ccc(Cl)c(Nc2nc(N3CCOCC3)nc(N3CCOCC3)n2)c1. The fourth-order valence-electron chi connectivity index (χ4n) is 3.07. The van der Waals surface area contributed by atoms with Gasteiger partial charge in [-0.05, 0) is 24.6 Å². The van der Waals surface area contributed by atoms with Crippen LogP contribution in [0.3, 0.4) is 0 Å². The van der Waals surface area contributed by atoms with Gasteiger partial charge in [0.2, 0.25) is 17.8 Å². The van der Waals surface area contributed by atoms with E-state index in [9.17, 15) is 0 Å². The van der Waals surface area contributed by atoms with Gasteiger partial charge in [0.1, 0.15) is 0 Å². The molecule has 0 radical (unpaired) electrons. The second-order valence-corrected chi connectivity index (χ2v) is 6.97. The molecule has 9 heteroatoms. The van der Waals surface area contributed by atoms with Crippen LogP contribution < -0.4 is 15.1 Å². The molecule has 3 heterocycles. The van der Waals surface area contributed by atoms with Crippen molar-refractivity contribution in [1.82, 2.24) is 15.0 Å². The Morgan fingerprint density at radius 2 is 1.44 bits per heavy atom. The second kappa shape index (κ2) is 8.24. The number of hydrogen-bond donors (Lipinski definition) is 1. The van der Waals surface area contributed by atoms with E-state index in [0.29, 0.717) is 49.3 Å². The Hall–Kier alpha value is -2.16.